The summed E-state index contributed by atoms with van der Waals surface area (Å²) < 4.78 is 23.4. The largest absolute Gasteiger partial charge is 0.486 e. The average molecular weight is 337 g/mol. The van der Waals surface area contributed by atoms with Crippen molar-refractivity contribution in [3.63, 3.8) is 0 Å². The van der Waals surface area contributed by atoms with E-state index in [0.717, 1.165) is 6.92 Å². The first kappa shape index (κ1) is 17.5. The maximum Gasteiger partial charge on any atom is 0.337 e. The Bertz CT molecular complexity index is 722. The van der Waals surface area contributed by atoms with E-state index in [0.29, 0.717) is 11.5 Å². The molecule has 2 aromatic rings. The van der Waals surface area contributed by atoms with Crippen molar-refractivity contribution >= 4 is 11.9 Å². The molecule has 1 unspecified atom stereocenters. The number of rotatable bonds is 7. The molecule has 7 nitrogen and oxygen atoms in total. The number of aliphatic hydroxyl groups is 1. The molecule has 0 saturated carbocycles. The Labute approximate surface area is 136 Å². The highest BCUT2D eigenvalue weighted by molar-refractivity contribution is 5.92. The van der Waals surface area contributed by atoms with Gasteiger partial charge >= 0.3 is 5.97 Å². The maximum atomic E-state index is 12.8. The van der Waals surface area contributed by atoms with Gasteiger partial charge in [-0.1, -0.05) is 0 Å². The second kappa shape index (κ2) is 7.14. The van der Waals surface area contributed by atoms with Gasteiger partial charge in [-0.15, -0.1) is 0 Å². The standard InChI is InChI=1S/C16H16FNO6/c1-16(22,15(20)21)9-18-14(19)13-7-6-12(24-13)8-23-11-4-2-10(17)3-5-11/h2-7,22H,8-9H2,1H3,(H,18,19)(H,20,21). The Morgan fingerprint density at radius 1 is 1.25 bits per heavy atom. The van der Waals surface area contributed by atoms with Crippen LogP contribution in [0, 0.1) is 5.82 Å². The summed E-state index contributed by atoms with van der Waals surface area (Å²) in [5.41, 5.74) is -2.07. The van der Waals surface area contributed by atoms with Gasteiger partial charge in [0.05, 0.1) is 6.54 Å². The van der Waals surface area contributed by atoms with Gasteiger partial charge in [0.2, 0.25) is 0 Å². The summed E-state index contributed by atoms with van der Waals surface area (Å²) in [6, 6.07) is 8.34. The number of halogens is 1. The van der Waals surface area contributed by atoms with Gasteiger partial charge in [0.1, 0.15) is 23.9 Å². The zero-order chi connectivity index (χ0) is 17.7. The molecule has 1 aromatic carbocycles. The van der Waals surface area contributed by atoms with Crippen molar-refractivity contribution in [3.8, 4) is 5.75 Å². The summed E-state index contributed by atoms with van der Waals surface area (Å²) in [6.07, 6.45) is 0. The number of hydrogen-bond acceptors (Lipinski definition) is 5. The molecule has 1 aromatic heterocycles. The first-order valence-electron chi connectivity index (χ1n) is 6.99. The molecule has 8 heteroatoms. The van der Waals surface area contributed by atoms with Gasteiger partial charge in [-0.25, -0.2) is 9.18 Å². The number of benzene rings is 1. The molecule has 0 radical (unpaired) electrons. The molecule has 2 rings (SSSR count). The fraction of sp³-hybridized carbons (Fsp3) is 0.250. The van der Waals surface area contributed by atoms with Crippen molar-refractivity contribution < 1.29 is 33.3 Å². The number of amides is 1. The molecule has 0 saturated heterocycles. The normalized spacial score (nSPS) is 13.1. The summed E-state index contributed by atoms with van der Waals surface area (Å²) in [5, 5.41) is 20.6. The quantitative estimate of drug-likeness (QED) is 0.707. The second-order valence-electron chi connectivity index (χ2n) is 5.27. The van der Waals surface area contributed by atoms with Crippen molar-refractivity contribution in [2.45, 2.75) is 19.1 Å². The van der Waals surface area contributed by atoms with E-state index in [2.05, 4.69) is 5.32 Å². The zero-order valence-electron chi connectivity index (χ0n) is 12.8. The highest BCUT2D eigenvalue weighted by Gasteiger charge is 2.30. The number of nitrogens with one attached hydrogen (secondary N) is 1. The number of hydrogen-bond donors (Lipinski definition) is 3. The first-order chi connectivity index (χ1) is 11.3. The lowest BCUT2D eigenvalue weighted by Crippen LogP contribution is -2.46. The molecule has 0 aliphatic carbocycles. The minimum absolute atomic E-state index is 0.0335. The molecule has 0 spiro atoms. The number of carboxylic acid groups (broad SMARTS) is 1. The van der Waals surface area contributed by atoms with Gasteiger partial charge in [-0.05, 0) is 43.3 Å². The van der Waals surface area contributed by atoms with Crippen molar-refractivity contribution in [2.75, 3.05) is 6.54 Å². The Hall–Kier alpha value is -2.87. The Morgan fingerprint density at radius 3 is 2.54 bits per heavy atom. The molecule has 1 heterocycles. The van der Waals surface area contributed by atoms with E-state index < -0.39 is 24.0 Å². The SMILES string of the molecule is CC(O)(CNC(=O)c1ccc(COc2ccc(F)cc2)o1)C(=O)O. The van der Waals surface area contributed by atoms with Gasteiger partial charge in [0.15, 0.2) is 11.4 Å². The average Bonchev–Trinajstić information content (AvgIpc) is 3.01. The number of furan rings is 1. The lowest BCUT2D eigenvalue weighted by molar-refractivity contribution is -0.155. The number of carbonyl (C=O) groups excluding carboxylic acids is 1. The third-order valence-corrected chi connectivity index (χ3v) is 3.13. The van der Waals surface area contributed by atoms with Crippen LogP contribution in [-0.4, -0.2) is 34.2 Å². The number of aliphatic carboxylic acids is 1. The minimum atomic E-state index is -2.07. The molecule has 0 bridgehead atoms. The number of ether oxygens (including phenoxy) is 1. The zero-order valence-corrected chi connectivity index (χ0v) is 12.8. The Balaban J connectivity index is 1.89. The van der Waals surface area contributed by atoms with E-state index >= 15 is 0 Å². The molecule has 0 fully saturated rings. The van der Waals surface area contributed by atoms with Gasteiger partial charge < -0.3 is 24.7 Å². The van der Waals surface area contributed by atoms with Crippen molar-refractivity contribution in [2.24, 2.45) is 0 Å². The monoisotopic (exact) mass is 337 g/mol. The molecule has 0 aliphatic rings. The van der Waals surface area contributed by atoms with Crippen molar-refractivity contribution in [3.05, 3.63) is 53.7 Å². The lowest BCUT2D eigenvalue weighted by atomic mass is 10.1. The Morgan fingerprint density at radius 2 is 1.92 bits per heavy atom. The molecule has 128 valence electrons. The van der Waals surface area contributed by atoms with Crippen LogP contribution < -0.4 is 10.1 Å². The van der Waals surface area contributed by atoms with Crippen LogP contribution in [-0.2, 0) is 11.4 Å². The molecule has 0 aliphatic heterocycles. The van der Waals surface area contributed by atoms with E-state index in [1.165, 1.54) is 36.4 Å². The van der Waals surface area contributed by atoms with Crippen LogP contribution in [0.25, 0.3) is 0 Å². The molecule has 1 amide bonds. The van der Waals surface area contributed by atoms with E-state index in [4.69, 9.17) is 14.3 Å². The summed E-state index contributed by atoms with van der Waals surface area (Å²) in [6.45, 7) is 0.634. The van der Waals surface area contributed by atoms with Gasteiger partial charge in [0.25, 0.3) is 5.91 Å². The highest BCUT2D eigenvalue weighted by atomic mass is 19.1. The second-order valence-corrected chi connectivity index (χ2v) is 5.27. The predicted molar refractivity (Wildman–Crippen MR) is 80.0 cm³/mol. The van der Waals surface area contributed by atoms with Crippen LogP contribution in [0.4, 0.5) is 4.39 Å². The number of carboxylic acids is 1. The third-order valence-electron chi connectivity index (χ3n) is 3.13. The van der Waals surface area contributed by atoms with Gasteiger partial charge in [-0.2, -0.15) is 0 Å². The summed E-state index contributed by atoms with van der Waals surface area (Å²) >= 11 is 0. The maximum absolute atomic E-state index is 12.8. The lowest BCUT2D eigenvalue weighted by Gasteiger charge is -2.17. The predicted octanol–water partition coefficient (Wildman–Crippen LogP) is 1.56. The minimum Gasteiger partial charge on any atom is -0.486 e. The van der Waals surface area contributed by atoms with Crippen molar-refractivity contribution in [1.29, 1.82) is 0 Å². The fourth-order valence-electron chi connectivity index (χ4n) is 1.68. The van der Waals surface area contributed by atoms with E-state index in [9.17, 15) is 19.1 Å². The van der Waals surface area contributed by atoms with E-state index in [1.54, 1.807) is 0 Å². The van der Waals surface area contributed by atoms with Crippen LogP contribution in [0.5, 0.6) is 5.75 Å². The molecular weight excluding hydrogens is 321 g/mol. The van der Waals surface area contributed by atoms with Crippen LogP contribution in [0.15, 0.2) is 40.8 Å². The summed E-state index contributed by atoms with van der Waals surface area (Å²) in [7, 11) is 0. The number of carbonyl (C=O) groups is 2. The molecule has 1 atom stereocenters. The van der Waals surface area contributed by atoms with Gasteiger partial charge in [-0.3, -0.25) is 4.79 Å². The summed E-state index contributed by atoms with van der Waals surface area (Å²) in [4.78, 5) is 22.6. The van der Waals surface area contributed by atoms with Crippen LogP contribution in [0.1, 0.15) is 23.2 Å². The fourth-order valence-corrected chi connectivity index (χ4v) is 1.68. The smallest absolute Gasteiger partial charge is 0.337 e. The van der Waals surface area contributed by atoms with E-state index in [-0.39, 0.29) is 18.2 Å². The summed E-state index contributed by atoms with van der Waals surface area (Å²) in [5.74, 6) is -1.74. The first-order valence-corrected chi connectivity index (χ1v) is 6.99. The van der Waals surface area contributed by atoms with Crippen LogP contribution in [0.3, 0.4) is 0 Å². The molecule has 3 N–H and O–H groups in total. The topological polar surface area (TPSA) is 109 Å². The van der Waals surface area contributed by atoms with Crippen molar-refractivity contribution in [1.82, 2.24) is 5.32 Å². The van der Waals surface area contributed by atoms with Gasteiger partial charge in [0, 0.05) is 0 Å². The third kappa shape index (κ3) is 4.56. The van der Waals surface area contributed by atoms with Crippen LogP contribution >= 0.6 is 0 Å². The molecule has 24 heavy (non-hydrogen) atoms. The van der Waals surface area contributed by atoms with Crippen LogP contribution in [0.2, 0.25) is 0 Å². The van der Waals surface area contributed by atoms with E-state index in [1.807, 2.05) is 0 Å². The molecular formula is C16H16FNO6. The highest BCUT2D eigenvalue weighted by Crippen LogP contribution is 2.15. The Kier molecular flexibility index (Phi) is 5.20.